The third-order valence-corrected chi connectivity index (χ3v) is 5.40. The van der Waals surface area contributed by atoms with Crippen LogP contribution in [-0.4, -0.2) is 0 Å². The van der Waals surface area contributed by atoms with E-state index in [2.05, 4.69) is 0 Å². The van der Waals surface area contributed by atoms with Gasteiger partial charge < -0.3 is 0 Å². The molecule has 2 unspecified atom stereocenters. The quantitative estimate of drug-likeness (QED) is 0.447. The zero-order valence-electron chi connectivity index (χ0n) is 16.7. The molecule has 0 saturated carbocycles. The highest BCUT2D eigenvalue weighted by molar-refractivity contribution is 5.47. The van der Waals surface area contributed by atoms with Crippen molar-refractivity contribution < 1.29 is 26.3 Å². The number of allylic oxidation sites excluding steroid dienone is 4. The lowest BCUT2D eigenvalue weighted by Gasteiger charge is -2.29. The van der Waals surface area contributed by atoms with Crippen LogP contribution >= 0.6 is 0 Å². The van der Waals surface area contributed by atoms with Gasteiger partial charge in [0.05, 0.1) is 11.1 Å². The summed E-state index contributed by atoms with van der Waals surface area (Å²) in [4.78, 5) is 0. The van der Waals surface area contributed by atoms with E-state index in [0.717, 1.165) is 29.7 Å². The Labute approximate surface area is 162 Å². The maximum Gasteiger partial charge on any atom is 0.416 e. The largest absolute Gasteiger partial charge is 0.416 e. The highest BCUT2D eigenvalue weighted by Crippen LogP contribution is 2.45. The molecule has 0 aliphatic heterocycles. The van der Waals surface area contributed by atoms with Crippen LogP contribution in [0.3, 0.4) is 0 Å². The molecule has 2 atom stereocenters. The first-order valence-corrected chi connectivity index (χ1v) is 9.42. The maximum atomic E-state index is 13.9. The molecule has 0 spiro atoms. The molecule has 2 rings (SSSR count). The summed E-state index contributed by atoms with van der Waals surface area (Å²) in [5.41, 5.74) is -0.958. The molecule has 1 aromatic carbocycles. The Hall–Kier alpha value is -1.72. The minimum Gasteiger partial charge on any atom is -0.166 e. The van der Waals surface area contributed by atoms with Crippen molar-refractivity contribution in [3.63, 3.8) is 0 Å². The fourth-order valence-electron chi connectivity index (χ4n) is 4.39. The van der Waals surface area contributed by atoms with Gasteiger partial charge in [-0.1, -0.05) is 57.1 Å². The predicted molar refractivity (Wildman–Crippen MR) is 99.0 cm³/mol. The summed E-state index contributed by atoms with van der Waals surface area (Å²) in [6.45, 7) is 8.54. The zero-order valence-corrected chi connectivity index (χ0v) is 16.7. The van der Waals surface area contributed by atoms with E-state index in [9.17, 15) is 26.3 Å². The van der Waals surface area contributed by atoms with Crippen LogP contribution in [0.1, 0.15) is 69.2 Å². The van der Waals surface area contributed by atoms with Gasteiger partial charge in [-0.2, -0.15) is 26.3 Å². The molecular weight excluding hydrogens is 378 g/mol. The lowest BCUT2D eigenvalue weighted by atomic mass is 9.77. The van der Waals surface area contributed by atoms with Gasteiger partial charge in [-0.15, -0.1) is 0 Å². The number of hydrogen-bond donors (Lipinski definition) is 0. The van der Waals surface area contributed by atoms with Crippen LogP contribution < -0.4 is 0 Å². The smallest absolute Gasteiger partial charge is 0.166 e. The topological polar surface area (TPSA) is 0 Å². The molecule has 0 amide bonds. The van der Waals surface area contributed by atoms with E-state index >= 15 is 0 Å². The minimum absolute atomic E-state index is 0.0531. The van der Waals surface area contributed by atoms with Crippen LogP contribution in [0.25, 0.3) is 0 Å². The van der Waals surface area contributed by atoms with Gasteiger partial charge >= 0.3 is 12.4 Å². The molecule has 1 aliphatic carbocycles. The Morgan fingerprint density at radius 2 is 1.61 bits per heavy atom. The van der Waals surface area contributed by atoms with E-state index in [1.807, 2.05) is 32.9 Å². The van der Waals surface area contributed by atoms with Crippen molar-refractivity contribution in [3.8, 4) is 0 Å². The summed E-state index contributed by atoms with van der Waals surface area (Å²) < 4.78 is 81.8. The molecule has 0 heterocycles. The van der Waals surface area contributed by atoms with Crippen molar-refractivity contribution in [1.82, 2.24) is 0 Å². The van der Waals surface area contributed by atoms with E-state index in [1.54, 1.807) is 0 Å². The second-order valence-electron chi connectivity index (χ2n) is 7.99. The standard InChI is InChI=1S/C22H26F6/c1-12(2)18-17(21(23,24)25)10-9-16(20(18)22(26,27)28)11-15(5)19-13(3)7-6-8-14(19)4/h6-7,9-10,12,14-15H,8,11H2,1-5H3. The highest BCUT2D eigenvalue weighted by atomic mass is 19.4. The maximum absolute atomic E-state index is 13.9. The average Bonchev–Trinajstić information content (AvgIpc) is 2.51. The summed E-state index contributed by atoms with van der Waals surface area (Å²) in [6, 6.07) is 1.81. The second kappa shape index (κ2) is 7.96. The van der Waals surface area contributed by atoms with Gasteiger partial charge in [0.15, 0.2) is 0 Å². The molecule has 156 valence electrons. The van der Waals surface area contributed by atoms with Gasteiger partial charge in [-0.3, -0.25) is 0 Å². The van der Waals surface area contributed by atoms with Gasteiger partial charge in [0.2, 0.25) is 0 Å². The Bertz CT molecular complexity index is 777. The Morgan fingerprint density at radius 1 is 1.00 bits per heavy atom. The van der Waals surface area contributed by atoms with Crippen LogP contribution in [0.4, 0.5) is 26.3 Å². The minimum atomic E-state index is -4.85. The van der Waals surface area contributed by atoms with E-state index in [1.165, 1.54) is 13.8 Å². The third-order valence-electron chi connectivity index (χ3n) is 5.40. The second-order valence-corrected chi connectivity index (χ2v) is 7.99. The fourth-order valence-corrected chi connectivity index (χ4v) is 4.39. The first kappa shape index (κ1) is 22.6. The van der Waals surface area contributed by atoms with Gasteiger partial charge in [-0.05, 0) is 54.7 Å². The number of benzene rings is 1. The zero-order chi connectivity index (χ0) is 21.4. The van der Waals surface area contributed by atoms with E-state index in [0.29, 0.717) is 0 Å². The summed E-state index contributed by atoms with van der Waals surface area (Å²) in [5.74, 6) is -0.896. The van der Waals surface area contributed by atoms with Crippen molar-refractivity contribution >= 4 is 0 Å². The molecule has 0 radical (unpaired) electrons. The number of rotatable bonds is 4. The summed E-state index contributed by atoms with van der Waals surface area (Å²) >= 11 is 0. The lowest BCUT2D eigenvalue weighted by Crippen LogP contribution is -2.22. The molecule has 0 aromatic heterocycles. The first-order valence-electron chi connectivity index (χ1n) is 9.42. The van der Waals surface area contributed by atoms with Crippen molar-refractivity contribution in [1.29, 1.82) is 0 Å². The molecule has 0 saturated heterocycles. The molecule has 1 aromatic rings. The Balaban J connectivity index is 2.62. The average molecular weight is 404 g/mol. The fraction of sp³-hybridized carbons (Fsp3) is 0.545. The molecule has 1 aliphatic rings. The summed E-state index contributed by atoms with van der Waals surface area (Å²) in [5, 5.41) is 0. The molecular formula is C22H26F6. The van der Waals surface area contributed by atoms with Gasteiger partial charge in [0.25, 0.3) is 0 Å². The van der Waals surface area contributed by atoms with Crippen LogP contribution in [-0.2, 0) is 18.8 Å². The molecule has 0 N–H and O–H groups in total. The molecule has 0 fully saturated rings. The monoisotopic (exact) mass is 404 g/mol. The molecule has 0 nitrogen and oxygen atoms in total. The van der Waals surface area contributed by atoms with E-state index in [4.69, 9.17) is 0 Å². The normalized spacial score (nSPS) is 19.5. The lowest BCUT2D eigenvalue weighted by molar-refractivity contribution is -0.145. The van der Waals surface area contributed by atoms with Crippen LogP contribution in [0, 0.1) is 11.8 Å². The van der Waals surface area contributed by atoms with Crippen molar-refractivity contribution in [3.05, 3.63) is 57.7 Å². The molecule has 6 heteroatoms. The van der Waals surface area contributed by atoms with Crippen LogP contribution in [0.5, 0.6) is 0 Å². The van der Waals surface area contributed by atoms with Crippen LogP contribution in [0.15, 0.2) is 35.4 Å². The van der Waals surface area contributed by atoms with Gasteiger partial charge in [0, 0.05) is 0 Å². The number of alkyl halides is 6. The van der Waals surface area contributed by atoms with E-state index < -0.39 is 35.0 Å². The SMILES string of the molecule is CC1=C(C(C)Cc2ccc(C(F)(F)F)c(C(C)C)c2C(F)(F)F)C(C)CC=C1. The summed E-state index contributed by atoms with van der Waals surface area (Å²) in [7, 11) is 0. The summed E-state index contributed by atoms with van der Waals surface area (Å²) in [6.07, 6.45) is -4.82. The Morgan fingerprint density at radius 3 is 2.07 bits per heavy atom. The number of hydrogen-bond acceptors (Lipinski definition) is 0. The molecule has 28 heavy (non-hydrogen) atoms. The highest BCUT2D eigenvalue weighted by Gasteiger charge is 2.43. The van der Waals surface area contributed by atoms with Gasteiger partial charge in [0.1, 0.15) is 0 Å². The van der Waals surface area contributed by atoms with Crippen LogP contribution in [0.2, 0.25) is 0 Å². The van der Waals surface area contributed by atoms with Crippen molar-refractivity contribution in [2.45, 2.75) is 65.7 Å². The first-order chi connectivity index (χ1) is 12.7. The Kier molecular flexibility index (Phi) is 6.41. The van der Waals surface area contributed by atoms with E-state index in [-0.39, 0.29) is 23.8 Å². The van der Waals surface area contributed by atoms with Crippen molar-refractivity contribution in [2.75, 3.05) is 0 Å². The third kappa shape index (κ3) is 4.64. The van der Waals surface area contributed by atoms with Crippen molar-refractivity contribution in [2.24, 2.45) is 11.8 Å². The molecule has 0 bridgehead atoms. The predicted octanol–water partition coefficient (Wildman–Crippen LogP) is 7.94. The van der Waals surface area contributed by atoms with Gasteiger partial charge in [-0.25, -0.2) is 0 Å². The number of halogens is 6.